The molecule has 0 aliphatic heterocycles. The van der Waals surface area contributed by atoms with Crippen LogP contribution in [0.5, 0.6) is 0 Å². The second-order valence-electron chi connectivity index (χ2n) is 6.53. The summed E-state index contributed by atoms with van der Waals surface area (Å²) < 4.78 is 0. The number of likely N-dealkylation sites (N-methyl/N-ethyl adjacent to an activating group) is 1. The van der Waals surface area contributed by atoms with Crippen molar-refractivity contribution in [1.29, 1.82) is 0 Å². The normalized spacial score (nSPS) is 25.3. The number of carbonyl (C=O) groups excluding carboxylic acids is 1. The first-order chi connectivity index (χ1) is 8.35. The van der Waals surface area contributed by atoms with E-state index in [0.29, 0.717) is 11.5 Å². The van der Waals surface area contributed by atoms with Crippen LogP contribution in [-0.2, 0) is 4.79 Å². The molecule has 0 aromatic carbocycles. The standard InChI is InChI=1S/C15H30N2O/c1-6-17(5)14(18)12(2)16-13-8-7-10-15(3,4)11-9-13/h12-13,16H,6-11H2,1-5H3. The van der Waals surface area contributed by atoms with Crippen molar-refractivity contribution < 1.29 is 4.79 Å². The molecule has 106 valence electrons. The van der Waals surface area contributed by atoms with E-state index in [1.807, 2.05) is 20.9 Å². The highest BCUT2D eigenvalue weighted by atomic mass is 16.2. The van der Waals surface area contributed by atoms with E-state index in [-0.39, 0.29) is 11.9 Å². The molecule has 1 rings (SSSR count). The summed E-state index contributed by atoms with van der Waals surface area (Å²) >= 11 is 0. The second kappa shape index (κ2) is 6.55. The van der Waals surface area contributed by atoms with E-state index in [0.717, 1.165) is 6.54 Å². The molecule has 2 atom stereocenters. The van der Waals surface area contributed by atoms with Crippen molar-refractivity contribution in [2.45, 2.75) is 71.9 Å². The maximum absolute atomic E-state index is 12.0. The Morgan fingerprint density at radius 1 is 1.39 bits per heavy atom. The molecule has 0 saturated heterocycles. The lowest BCUT2D eigenvalue weighted by atomic mass is 9.85. The SMILES string of the molecule is CCN(C)C(=O)C(C)NC1CCCC(C)(C)CC1. The number of nitrogens with zero attached hydrogens (tertiary/aromatic N) is 1. The fraction of sp³-hybridized carbons (Fsp3) is 0.933. The van der Waals surface area contributed by atoms with Gasteiger partial charge in [0, 0.05) is 19.6 Å². The van der Waals surface area contributed by atoms with Gasteiger partial charge in [-0.15, -0.1) is 0 Å². The Morgan fingerprint density at radius 3 is 2.67 bits per heavy atom. The molecular weight excluding hydrogens is 224 g/mol. The van der Waals surface area contributed by atoms with E-state index in [9.17, 15) is 4.79 Å². The Balaban J connectivity index is 2.45. The molecular formula is C15H30N2O. The summed E-state index contributed by atoms with van der Waals surface area (Å²) in [7, 11) is 1.87. The molecule has 1 N–H and O–H groups in total. The molecule has 1 fully saturated rings. The molecule has 1 amide bonds. The minimum atomic E-state index is -0.0545. The van der Waals surface area contributed by atoms with E-state index >= 15 is 0 Å². The molecule has 1 aliphatic rings. The largest absolute Gasteiger partial charge is 0.345 e. The molecule has 0 spiro atoms. The number of hydrogen-bond acceptors (Lipinski definition) is 2. The first-order valence-electron chi connectivity index (χ1n) is 7.37. The fourth-order valence-electron chi connectivity index (χ4n) is 2.74. The minimum Gasteiger partial charge on any atom is -0.345 e. The summed E-state index contributed by atoms with van der Waals surface area (Å²) in [6.45, 7) is 9.50. The van der Waals surface area contributed by atoms with Gasteiger partial charge < -0.3 is 10.2 Å². The minimum absolute atomic E-state index is 0.0545. The van der Waals surface area contributed by atoms with Crippen molar-refractivity contribution in [3.63, 3.8) is 0 Å². The number of carbonyl (C=O) groups is 1. The van der Waals surface area contributed by atoms with E-state index in [1.165, 1.54) is 32.1 Å². The quantitative estimate of drug-likeness (QED) is 0.782. The predicted molar refractivity (Wildman–Crippen MR) is 76.6 cm³/mol. The van der Waals surface area contributed by atoms with E-state index in [4.69, 9.17) is 0 Å². The van der Waals surface area contributed by atoms with Crippen LogP contribution in [0.15, 0.2) is 0 Å². The predicted octanol–water partition coefficient (Wildman–Crippen LogP) is 2.80. The van der Waals surface area contributed by atoms with Crippen LogP contribution in [-0.4, -0.2) is 36.5 Å². The fourth-order valence-corrected chi connectivity index (χ4v) is 2.74. The van der Waals surface area contributed by atoms with E-state index in [2.05, 4.69) is 19.2 Å². The second-order valence-corrected chi connectivity index (χ2v) is 6.53. The van der Waals surface area contributed by atoms with Crippen molar-refractivity contribution in [3.05, 3.63) is 0 Å². The van der Waals surface area contributed by atoms with Crippen LogP contribution in [0.3, 0.4) is 0 Å². The lowest BCUT2D eigenvalue weighted by Gasteiger charge is -2.26. The molecule has 18 heavy (non-hydrogen) atoms. The van der Waals surface area contributed by atoms with Gasteiger partial charge in [0.2, 0.25) is 5.91 Å². The molecule has 0 bridgehead atoms. The van der Waals surface area contributed by atoms with Crippen molar-refractivity contribution >= 4 is 5.91 Å². The molecule has 0 aromatic rings. The molecule has 1 saturated carbocycles. The Morgan fingerprint density at radius 2 is 2.06 bits per heavy atom. The van der Waals surface area contributed by atoms with Crippen LogP contribution in [0, 0.1) is 5.41 Å². The van der Waals surface area contributed by atoms with Crippen LogP contribution in [0.2, 0.25) is 0 Å². The number of amides is 1. The third-order valence-electron chi connectivity index (χ3n) is 4.28. The van der Waals surface area contributed by atoms with Gasteiger partial charge in [0.05, 0.1) is 6.04 Å². The van der Waals surface area contributed by atoms with Crippen LogP contribution in [0.4, 0.5) is 0 Å². The highest BCUT2D eigenvalue weighted by molar-refractivity contribution is 5.81. The lowest BCUT2D eigenvalue weighted by Crippen LogP contribution is -2.47. The third kappa shape index (κ3) is 4.60. The zero-order valence-corrected chi connectivity index (χ0v) is 12.8. The van der Waals surface area contributed by atoms with Crippen LogP contribution in [0.25, 0.3) is 0 Å². The van der Waals surface area contributed by atoms with Gasteiger partial charge in [-0.05, 0) is 44.9 Å². The molecule has 2 unspecified atom stereocenters. The summed E-state index contributed by atoms with van der Waals surface area (Å²) in [5, 5.41) is 3.52. The number of nitrogens with one attached hydrogen (secondary N) is 1. The third-order valence-corrected chi connectivity index (χ3v) is 4.28. The van der Waals surface area contributed by atoms with Crippen LogP contribution < -0.4 is 5.32 Å². The Hall–Kier alpha value is -0.570. The summed E-state index contributed by atoms with van der Waals surface area (Å²) in [6, 6.07) is 0.456. The molecule has 3 nitrogen and oxygen atoms in total. The van der Waals surface area contributed by atoms with E-state index < -0.39 is 0 Å². The maximum atomic E-state index is 12.0. The summed E-state index contributed by atoms with van der Waals surface area (Å²) in [4.78, 5) is 13.8. The highest BCUT2D eigenvalue weighted by Gasteiger charge is 2.26. The topological polar surface area (TPSA) is 32.3 Å². The maximum Gasteiger partial charge on any atom is 0.239 e. The smallest absolute Gasteiger partial charge is 0.239 e. The zero-order chi connectivity index (χ0) is 13.8. The molecule has 3 heteroatoms. The van der Waals surface area contributed by atoms with Gasteiger partial charge in [-0.25, -0.2) is 0 Å². The first kappa shape index (κ1) is 15.5. The van der Waals surface area contributed by atoms with Gasteiger partial charge in [0.25, 0.3) is 0 Å². The molecule has 0 heterocycles. The molecule has 1 aliphatic carbocycles. The summed E-state index contributed by atoms with van der Waals surface area (Å²) in [5.41, 5.74) is 0.476. The van der Waals surface area contributed by atoms with Crippen molar-refractivity contribution in [1.82, 2.24) is 10.2 Å². The van der Waals surface area contributed by atoms with Crippen LogP contribution >= 0.6 is 0 Å². The number of hydrogen-bond donors (Lipinski definition) is 1. The average Bonchev–Trinajstić information content (AvgIpc) is 2.49. The van der Waals surface area contributed by atoms with Gasteiger partial charge in [-0.1, -0.05) is 20.3 Å². The Bertz CT molecular complexity index is 276. The Kier molecular flexibility index (Phi) is 5.64. The molecule has 0 aromatic heterocycles. The number of rotatable bonds is 4. The summed E-state index contributed by atoms with van der Waals surface area (Å²) in [6.07, 6.45) is 6.24. The van der Waals surface area contributed by atoms with Gasteiger partial charge in [0.15, 0.2) is 0 Å². The van der Waals surface area contributed by atoms with Crippen molar-refractivity contribution in [2.75, 3.05) is 13.6 Å². The monoisotopic (exact) mass is 254 g/mol. The van der Waals surface area contributed by atoms with Gasteiger partial charge in [0.1, 0.15) is 0 Å². The Labute approximate surface area is 112 Å². The van der Waals surface area contributed by atoms with Gasteiger partial charge in [-0.3, -0.25) is 4.79 Å². The average molecular weight is 254 g/mol. The van der Waals surface area contributed by atoms with Gasteiger partial charge >= 0.3 is 0 Å². The lowest BCUT2D eigenvalue weighted by molar-refractivity contribution is -0.131. The summed E-state index contributed by atoms with van der Waals surface area (Å²) in [5.74, 6) is 0.209. The van der Waals surface area contributed by atoms with Crippen LogP contribution in [0.1, 0.15) is 59.8 Å². The molecule has 0 radical (unpaired) electrons. The zero-order valence-electron chi connectivity index (χ0n) is 12.8. The van der Waals surface area contributed by atoms with Gasteiger partial charge in [-0.2, -0.15) is 0 Å². The van der Waals surface area contributed by atoms with E-state index in [1.54, 1.807) is 4.90 Å². The van der Waals surface area contributed by atoms with Crippen molar-refractivity contribution in [2.24, 2.45) is 5.41 Å². The highest BCUT2D eigenvalue weighted by Crippen LogP contribution is 2.33. The first-order valence-corrected chi connectivity index (χ1v) is 7.37. The van der Waals surface area contributed by atoms with Crippen molar-refractivity contribution in [3.8, 4) is 0 Å².